The van der Waals surface area contributed by atoms with Gasteiger partial charge in [0.15, 0.2) is 5.82 Å². The van der Waals surface area contributed by atoms with E-state index in [-0.39, 0.29) is 11.7 Å². The van der Waals surface area contributed by atoms with Crippen LogP contribution in [0.4, 0.5) is 0 Å². The minimum atomic E-state index is -0.842. The van der Waals surface area contributed by atoms with E-state index in [0.717, 1.165) is 11.3 Å². The highest BCUT2D eigenvalue weighted by molar-refractivity contribution is 7.99. The summed E-state index contributed by atoms with van der Waals surface area (Å²) in [5.41, 5.74) is 0.0365. The normalized spacial score (nSPS) is 11.0. The molecule has 0 atom stereocenters. The Bertz CT molecular complexity index is 749. The molecule has 0 bridgehead atoms. The summed E-state index contributed by atoms with van der Waals surface area (Å²) < 4.78 is 5.12. The highest BCUT2D eigenvalue weighted by Gasteiger charge is 2.27. The number of methoxy groups -OCH3 is 1. The molecule has 7 nitrogen and oxygen atoms in total. The summed E-state index contributed by atoms with van der Waals surface area (Å²) in [4.78, 5) is 17.9. The molecule has 0 aliphatic carbocycles. The zero-order chi connectivity index (χ0) is 17.7. The molecule has 0 fully saturated rings. The molecule has 1 heterocycles. The van der Waals surface area contributed by atoms with Crippen molar-refractivity contribution in [1.82, 2.24) is 20.1 Å². The van der Waals surface area contributed by atoms with Crippen molar-refractivity contribution >= 4 is 17.7 Å². The van der Waals surface area contributed by atoms with Crippen LogP contribution in [-0.2, 0) is 4.79 Å². The van der Waals surface area contributed by atoms with Crippen molar-refractivity contribution in [1.29, 1.82) is 5.26 Å². The number of ether oxygens (including phenoxy) is 1. The SMILES string of the molecule is COc1ccc(-c2nc(SCC(=O)N(C)C(C)(C)C#N)n[nH]2)cc1. The molecule has 0 saturated carbocycles. The van der Waals surface area contributed by atoms with Gasteiger partial charge in [-0.05, 0) is 38.1 Å². The lowest BCUT2D eigenvalue weighted by atomic mass is 10.1. The third-order valence-electron chi connectivity index (χ3n) is 3.64. The summed E-state index contributed by atoms with van der Waals surface area (Å²) in [6, 6.07) is 9.54. The Morgan fingerprint density at radius 3 is 2.67 bits per heavy atom. The fourth-order valence-electron chi connectivity index (χ4n) is 1.80. The zero-order valence-corrected chi connectivity index (χ0v) is 14.8. The second-order valence-electron chi connectivity index (χ2n) is 5.61. The molecule has 2 rings (SSSR count). The van der Waals surface area contributed by atoms with Crippen molar-refractivity contribution < 1.29 is 9.53 Å². The van der Waals surface area contributed by atoms with Gasteiger partial charge in [0.05, 0.1) is 18.9 Å². The molecule has 2 aromatic rings. The number of carbonyl (C=O) groups is 1. The molecule has 1 N–H and O–H groups in total. The highest BCUT2D eigenvalue weighted by Crippen LogP contribution is 2.22. The number of hydrogen-bond acceptors (Lipinski definition) is 6. The number of nitriles is 1. The Balaban J connectivity index is 1.99. The van der Waals surface area contributed by atoms with Crippen LogP contribution in [0.1, 0.15) is 13.8 Å². The Labute approximate surface area is 145 Å². The smallest absolute Gasteiger partial charge is 0.234 e. The van der Waals surface area contributed by atoms with E-state index in [9.17, 15) is 4.79 Å². The van der Waals surface area contributed by atoms with Gasteiger partial charge in [0.2, 0.25) is 11.1 Å². The number of benzene rings is 1. The molecule has 0 radical (unpaired) electrons. The Kier molecular flexibility index (Phi) is 5.46. The minimum Gasteiger partial charge on any atom is -0.497 e. The highest BCUT2D eigenvalue weighted by atomic mass is 32.2. The van der Waals surface area contributed by atoms with E-state index in [4.69, 9.17) is 10.00 Å². The van der Waals surface area contributed by atoms with Gasteiger partial charge in [0, 0.05) is 12.6 Å². The molecule has 0 spiro atoms. The van der Waals surface area contributed by atoms with Crippen LogP contribution in [0, 0.1) is 11.3 Å². The fourth-order valence-corrected chi connectivity index (χ4v) is 2.51. The van der Waals surface area contributed by atoms with Gasteiger partial charge in [-0.1, -0.05) is 11.8 Å². The molecular weight excluding hydrogens is 326 g/mol. The third-order valence-corrected chi connectivity index (χ3v) is 4.47. The van der Waals surface area contributed by atoms with Crippen molar-refractivity contribution in [2.24, 2.45) is 0 Å². The van der Waals surface area contributed by atoms with E-state index in [1.54, 1.807) is 28.0 Å². The first-order chi connectivity index (χ1) is 11.4. The van der Waals surface area contributed by atoms with Gasteiger partial charge in [-0.25, -0.2) is 4.98 Å². The average molecular weight is 345 g/mol. The van der Waals surface area contributed by atoms with Gasteiger partial charge in [0.25, 0.3) is 0 Å². The minimum absolute atomic E-state index is 0.151. The van der Waals surface area contributed by atoms with E-state index in [1.165, 1.54) is 16.7 Å². The largest absolute Gasteiger partial charge is 0.497 e. The number of carbonyl (C=O) groups excluding carboxylic acids is 1. The van der Waals surface area contributed by atoms with E-state index in [1.807, 2.05) is 24.3 Å². The van der Waals surface area contributed by atoms with Crippen molar-refractivity contribution in [3.63, 3.8) is 0 Å². The quantitative estimate of drug-likeness (QED) is 0.808. The Hall–Kier alpha value is -2.53. The predicted molar refractivity (Wildman–Crippen MR) is 91.6 cm³/mol. The van der Waals surface area contributed by atoms with Gasteiger partial charge >= 0.3 is 0 Å². The number of nitrogens with one attached hydrogen (secondary N) is 1. The number of thioether (sulfide) groups is 1. The summed E-state index contributed by atoms with van der Waals surface area (Å²) in [6.07, 6.45) is 0. The van der Waals surface area contributed by atoms with Crippen molar-refractivity contribution in [2.75, 3.05) is 19.9 Å². The summed E-state index contributed by atoms with van der Waals surface area (Å²) >= 11 is 1.23. The molecule has 0 saturated heterocycles. The number of nitrogens with zero attached hydrogens (tertiary/aromatic N) is 4. The second-order valence-corrected chi connectivity index (χ2v) is 6.55. The first-order valence-electron chi connectivity index (χ1n) is 7.25. The maximum absolute atomic E-state index is 12.1. The van der Waals surface area contributed by atoms with Crippen molar-refractivity contribution in [3.8, 4) is 23.2 Å². The van der Waals surface area contributed by atoms with Crippen LogP contribution in [0.5, 0.6) is 5.75 Å². The monoisotopic (exact) mass is 345 g/mol. The molecule has 24 heavy (non-hydrogen) atoms. The summed E-state index contributed by atoms with van der Waals surface area (Å²) in [6.45, 7) is 3.40. The molecule has 1 aromatic heterocycles. The number of rotatable bonds is 6. The number of hydrogen-bond donors (Lipinski definition) is 1. The number of H-pyrrole nitrogens is 1. The van der Waals surface area contributed by atoms with Gasteiger partial charge < -0.3 is 9.64 Å². The van der Waals surface area contributed by atoms with Crippen LogP contribution in [0.25, 0.3) is 11.4 Å². The van der Waals surface area contributed by atoms with Crippen LogP contribution in [0.2, 0.25) is 0 Å². The summed E-state index contributed by atoms with van der Waals surface area (Å²) in [7, 11) is 3.23. The molecule has 1 aromatic carbocycles. The first-order valence-corrected chi connectivity index (χ1v) is 8.23. The number of aromatic nitrogens is 3. The maximum Gasteiger partial charge on any atom is 0.234 e. The van der Waals surface area contributed by atoms with Crippen LogP contribution in [0.3, 0.4) is 0 Å². The molecule has 0 aliphatic rings. The third kappa shape index (κ3) is 4.06. The second kappa shape index (κ2) is 7.36. The van der Waals surface area contributed by atoms with Crippen LogP contribution < -0.4 is 4.74 Å². The summed E-state index contributed by atoms with van der Waals surface area (Å²) in [5.74, 6) is 1.41. The molecule has 126 valence electrons. The Morgan fingerprint density at radius 2 is 2.08 bits per heavy atom. The van der Waals surface area contributed by atoms with Gasteiger partial charge in [-0.15, -0.1) is 5.10 Å². The van der Waals surface area contributed by atoms with Crippen molar-refractivity contribution in [3.05, 3.63) is 24.3 Å². The lowest BCUT2D eigenvalue weighted by Crippen LogP contribution is -2.44. The van der Waals surface area contributed by atoms with Gasteiger partial charge in [0.1, 0.15) is 11.3 Å². The first kappa shape index (κ1) is 17.8. The van der Waals surface area contributed by atoms with Crippen LogP contribution in [0.15, 0.2) is 29.4 Å². The van der Waals surface area contributed by atoms with E-state index >= 15 is 0 Å². The Morgan fingerprint density at radius 1 is 1.42 bits per heavy atom. The fraction of sp³-hybridized carbons (Fsp3) is 0.375. The molecule has 1 amide bonds. The van der Waals surface area contributed by atoms with Crippen LogP contribution >= 0.6 is 11.8 Å². The van der Waals surface area contributed by atoms with Gasteiger partial charge in [-0.2, -0.15) is 5.26 Å². The van der Waals surface area contributed by atoms with E-state index in [0.29, 0.717) is 11.0 Å². The molecular formula is C16H19N5O2S. The van der Waals surface area contributed by atoms with E-state index in [2.05, 4.69) is 21.3 Å². The standard InChI is InChI=1S/C16H19N5O2S/c1-16(2,10-17)21(3)13(22)9-24-15-18-14(19-20-15)11-5-7-12(23-4)8-6-11/h5-8H,9H2,1-4H3,(H,18,19,20). The number of amides is 1. The zero-order valence-electron chi connectivity index (χ0n) is 14.0. The average Bonchev–Trinajstić information content (AvgIpc) is 3.08. The predicted octanol–water partition coefficient (Wildman–Crippen LogP) is 2.33. The maximum atomic E-state index is 12.1. The van der Waals surface area contributed by atoms with Gasteiger partial charge in [-0.3, -0.25) is 9.89 Å². The van der Waals surface area contributed by atoms with Crippen molar-refractivity contribution in [2.45, 2.75) is 24.5 Å². The topological polar surface area (TPSA) is 94.9 Å². The number of aromatic amines is 1. The molecule has 0 aliphatic heterocycles. The molecule has 8 heteroatoms. The lowest BCUT2D eigenvalue weighted by Gasteiger charge is -2.28. The molecule has 0 unspecified atom stereocenters. The van der Waals surface area contributed by atoms with Crippen LogP contribution in [-0.4, -0.2) is 51.4 Å². The summed E-state index contributed by atoms with van der Waals surface area (Å²) in [5, 5.41) is 16.5. The van der Waals surface area contributed by atoms with E-state index < -0.39 is 5.54 Å². The lowest BCUT2D eigenvalue weighted by molar-refractivity contribution is -0.130.